The maximum Gasteiger partial charge on any atom is 0.00855 e. The average molecular weight is 231 g/mol. The lowest BCUT2D eigenvalue weighted by Gasteiger charge is -2.49. The molecule has 0 saturated heterocycles. The van der Waals surface area contributed by atoms with E-state index in [1.54, 1.807) is 5.56 Å². The molecule has 0 atom stereocenters. The lowest BCUT2D eigenvalue weighted by molar-refractivity contribution is 0.130. The van der Waals surface area contributed by atoms with Crippen LogP contribution in [-0.4, -0.2) is 13.6 Å². The lowest BCUT2D eigenvalue weighted by Crippen LogP contribution is -2.48. The second-order valence-corrected chi connectivity index (χ2v) is 5.69. The summed E-state index contributed by atoms with van der Waals surface area (Å²) in [6, 6.07) is 8.91. The van der Waals surface area contributed by atoms with Crippen LogP contribution in [0.3, 0.4) is 0 Å². The van der Waals surface area contributed by atoms with Gasteiger partial charge < -0.3 is 5.32 Å². The van der Waals surface area contributed by atoms with Gasteiger partial charge in [-0.1, -0.05) is 44.0 Å². The molecule has 0 heterocycles. The molecule has 1 heteroatoms. The minimum Gasteiger partial charge on any atom is -0.319 e. The maximum atomic E-state index is 3.40. The standard InChI is InChI=1S/C16H25N/c1-4-7-14-10-16(11-14,12-17-3)15-9-6-5-8-13(15)2/h5-6,8-9,14,17H,4,7,10-12H2,1-3H3. The predicted octanol–water partition coefficient (Wildman–Crippen LogP) is 3.66. The minimum atomic E-state index is 0.417. The summed E-state index contributed by atoms with van der Waals surface area (Å²) in [5.41, 5.74) is 3.44. The first-order chi connectivity index (χ1) is 8.22. The molecule has 94 valence electrons. The van der Waals surface area contributed by atoms with E-state index in [2.05, 4.69) is 50.5 Å². The van der Waals surface area contributed by atoms with Crippen molar-refractivity contribution in [2.24, 2.45) is 5.92 Å². The third kappa shape index (κ3) is 2.40. The number of rotatable bonds is 5. The largest absolute Gasteiger partial charge is 0.319 e. The lowest BCUT2D eigenvalue weighted by atomic mass is 9.57. The van der Waals surface area contributed by atoms with Crippen molar-refractivity contribution < 1.29 is 0 Å². The molecule has 0 radical (unpaired) electrons. The van der Waals surface area contributed by atoms with Crippen LogP contribution in [0.15, 0.2) is 24.3 Å². The van der Waals surface area contributed by atoms with Crippen molar-refractivity contribution in [1.29, 1.82) is 0 Å². The van der Waals surface area contributed by atoms with E-state index in [0.717, 1.165) is 12.5 Å². The number of hydrogen-bond acceptors (Lipinski definition) is 1. The molecule has 1 aromatic rings. The molecule has 0 aliphatic heterocycles. The Bertz CT molecular complexity index is 364. The van der Waals surface area contributed by atoms with Gasteiger partial charge in [0.05, 0.1) is 0 Å². The van der Waals surface area contributed by atoms with Gasteiger partial charge >= 0.3 is 0 Å². The van der Waals surface area contributed by atoms with E-state index in [9.17, 15) is 0 Å². The smallest absolute Gasteiger partial charge is 0.00855 e. The van der Waals surface area contributed by atoms with Crippen LogP contribution < -0.4 is 5.32 Å². The van der Waals surface area contributed by atoms with E-state index in [0.29, 0.717) is 5.41 Å². The summed E-state index contributed by atoms with van der Waals surface area (Å²) >= 11 is 0. The quantitative estimate of drug-likeness (QED) is 0.815. The van der Waals surface area contributed by atoms with E-state index in [1.807, 2.05) is 0 Å². The van der Waals surface area contributed by atoms with Crippen LogP contribution in [-0.2, 0) is 5.41 Å². The topological polar surface area (TPSA) is 12.0 Å². The van der Waals surface area contributed by atoms with Gasteiger partial charge in [0.1, 0.15) is 0 Å². The van der Waals surface area contributed by atoms with E-state index in [1.165, 1.54) is 31.2 Å². The van der Waals surface area contributed by atoms with Crippen LogP contribution in [0.25, 0.3) is 0 Å². The highest BCUT2D eigenvalue weighted by Crippen LogP contribution is 2.49. The SMILES string of the molecule is CCCC1CC(CNC)(c2ccccc2C)C1. The number of benzene rings is 1. The number of nitrogens with one attached hydrogen (secondary N) is 1. The second-order valence-electron chi connectivity index (χ2n) is 5.69. The van der Waals surface area contributed by atoms with Crippen molar-refractivity contribution >= 4 is 0 Å². The highest BCUT2D eigenvalue weighted by atomic mass is 14.8. The first-order valence-corrected chi connectivity index (χ1v) is 6.92. The Balaban J connectivity index is 2.17. The predicted molar refractivity (Wildman–Crippen MR) is 74.4 cm³/mol. The van der Waals surface area contributed by atoms with Crippen LogP contribution in [0.5, 0.6) is 0 Å². The molecule has 0 unspecified atom stereocenters. The molecule has 1 nitrogen and oxygen atoms in total. The molecule has 0 aromatic heterocycles. The molecule has 1 fully saturated rings. The first-order valence-electron chi connectivity index (χ1n) is 6.92. The average Bonchev–Trinajstić information content (AvgIpc) is 2.27. The van der Waals surface area contributed by atoms with Gasteiger partial charge in [-0.05, 0) is 43.9 Å². The van der Waals surface area contributed by atoms with Crippen LogP contribution in [0.1, 0.15) is 43.7 Å². The summed E-state index contributed by atoms with van der Waals surface area (Å²) in [6.45, 7) is 5.67. The zero-order chi connectivity index (χ0) is 12.3. The third-order valence-corrected chi connectivity index (χ3v) is 4.29. The molecule has 1 N–H and O–H groups in total. The van der Waals surface area contributed by atoms with Crippen LogP contribution in [0.4, 0.5) is 0 Å². The number of hydrogen-bond donors (Lipinski definition) is 1. The van der Waals surface area contributed by atoms with Crippen LogP contribution in [0.2, 0.25) is 0 Å². The molecule has 1 aromatic carbocycles. The molecule has 2 rings (SSSR count). The van der Waals surface area contributed by atoms with E-state index in [4.69, 9.17) is 0 Å². The van der Waals surface area contributed by atoms with Gasteiger partial charge in [0.2, 0.25) is 0 Å². The Morgan fingerprint density at radius 2 is 2.00 bits per heavy atom. The maximum absolute atomic E-state index is 3.40. The molecular weight excluding hydrogens is 206 g/mol. The zero-order valence-corrected chi connectivity index (χ0v) is 11.4. The highest BCUT2D eigenvalue weighted by Gasteiger charge is 2.44. The molecule has 1 saturated carbocycles. The van der Waals surface area contributed by atoms with Crippen molar-refractivity contribution in [2.45, 2.75) is 44.9 Å². The summed E-state index contributed by atoms with van der Waals surface area (Å²) in [4.78, 5) is 0. The Morgan fingerprint density at radius 3 is 2.59 bits per heavy atom. The summed E-state index contributed by atoms with van der Waals surface area (Å²) < 4.78 is 0. The van der Waals surface area contributed by atoms with Crippen LogP contribution in [0, 0.1) is 12.8 Å². The van der Waals surface area contributed by atoms with E-state index < -0.39 is 0 Å². The third-order valence-electron chi connectivity index (χ3n) is 4.29. The Labute approximate surface area is 106 Å². The molecule has 0 bridgehead atoms. The van der Waals surface area contributed by atoms with Crippen molar-refractivity contribution in [3.05, 3.63) is 35.4 Å². The van der Waals surface area contributed by atoms with Gasteiger partial charge in [-0.3, -0.25) is 0 Å². The van der Waals surface area contributed by atoms with Gasteiger partial charge in [0.15, 0.2) is 0 Å². The summed E-state index contributed by atoms with van der Waals surface area (Å²) in [6.07, 6.45) is 5.46. The summed E-state index contributed by atoms with van der Waals surface area (Å²) in [5.74, 6) is 0.952. The molecule has 0 spiro atoms. The number of likely N-dealkylation sites (N-methyl/N-ethyl adjacent to an activating group) is 1. The Morgan fingerprint density at radius 1 is 1.29 bits per heavy atom. The monoisotopic (exact) mass is 231 g/mol. The Hall–Kier alpha value is -0.820. The second kappa shape index (κ2) is 5.22. The van der Waals surface area contributed by atoms with E-state index >= 15 is 0 Å². The fourth-order valence-corrected chi connectivity index (χ4v) is 3.62. The molecular formula is C16H25N. The van der Waals surface area contributed by atoms with Crippen molar-refractivity contribution in [2.75, 3.05) is 13.6 Å². The minimum absolute atomic E-state index is 0.417. The summed E-state index contributed by atoms with van der Waals surface area (Å²) in [7, 11) is 2.08. The van der Waals surface area contributed by atoms with Gasteiger partial charge in [-0.15, -0.1) is 0 Å². The number of aryl methyl sites for hydroxylation is 1. The van der Waals surface area contributed by atoms with Gasteiger partial charge in [0, 0.05) is 12.0 Å². The Kier molecular flexibility index (Phi) is 3.88. The molecule has 1 aliphatic rings. The zero-order valence-electron chi connectivity index (χ0n) is 11.4. The molecule has 17 heavy (non-hydrogen) atoms. The van der Waals surface area contributed by atoms with Gasteiger partial charge in [-0.2, -0.15) is 0 Å². The molecule has 0 amide bonds. The van der Waals surface area contributed by atoms with Crippen molar-refractivity contribution in [3.63, 3.8) is 0 Å². The normalized spacial score (nSPS) is 27.8. The summed E-state index contributed by atoms with van der Waals surface area (Å²) in [5, 5.41) is 3.40. The molecule has 1 aliphatic carbocycles. The van der Waals surface area contributed by atoms with Crippen molar-refractivity contribution in [3.8, 4) is 0 Å². The van der Waals surface area contributed by atoms with Crippen molar-refractivity contribution in [1.82, 2.24) is 5.32 Å². The van der Waals surface area contributed by atoms with Gasteiger partial charge in [0.25, 0.3) is 0 Å². The fourth-order valence-electron chi connectivity index (χ4n) is 3.62. The first kappa shape index (κ1) is 12.6. The van der Waals surface area contributed by atoms with Crippen LogP contribution >= 0.6 is 0 Å². The highest BCUT2D eigenvalue weighted by molar-refractivity contribution is 5.36. The van der Waals surface area contributed by atoms with E-state index in [-0.39, 0.29) is 0 Å². The fraction of sp³-hybridized carbons (Fsp3) is 0.625. The van der Waals surface area contributed by atoms with Gasteiger partial charge in [-0.25, -0.2) is 0 Å².